The fraction of sp³-hybridized carbons (Fsp3) is 0.500. The van der Waals surface area contributed by atoms with Gasteiger partial charge in [0.05, 0.1) is 31.2 Å². The zero-order valence-electron chi connectivity index (χ0n) is 21.0. The SMILES string of the molecule is CC=S(NCCOC)c1ccc(-c2ccc(OCC3CCN(C(=O)OC(C)C)CC3)cn2)c(F)c1. The molecule has 1 N–H and O–H groups in total. The van der Waals surface area contributed by atoms with Crippen LogP contribution in [-0.4, -0.2) is 67.4 Å². The molecule has 2 aromatic rings. The van der Waals surface area contributed by atoms with Crippen molar-refractivity contribution in [2.75, 3.05) is 40.0 Å². The number of hydrogen-bond acceptors (Lipinski definition) is 6. The molecule has 0 bridgehead atoms. The molecule has 1 aromatic carbocycles. The van der Waals surface area contributed by atoms with Crippen LogP contribution in [0.1, 0.15) is 33.6 Å². The molecule has 35 heavy (non-hydrogen) atoms. The number of piperidine rings is 1. The van der Waals surface area contributed by atoms with Gasteiger partial charge >= 0.3 is 6.09 Å². The first kappa shape index (κ1) is 27.1. The number of amides is 1. The van der Waals surface area contributed by atoms with Gasteiger partial charge in [-0.25, -0.2) is 9.18 Å². The molecule has 2 heterocycles. The van der Waals surface area contributed by atoms with Crippen molar-refractivity contribution in [1.82, 2.24) is 14.6 Å². The van der Waals surface area contributed by atoms with E-state index >= 15 is 0 Å². The highest BCUT2D eigenvalue weighted by molar-refractivity contribution is 8.13. The summed E-state index contributed by atoms with van der Waals surface area (Å²) in [5.41, 5.74) is 1.02. The van der Waals surface area contributed by atoms with Gasteiger partial charge in [-0.15, -0.1) is 0 Å². The van der Waals surface area contributed by atoms with E-state index in [9.17, 15) is 9.18 Å². The molecule has 0 radical (unpaired) electrons. The van der Waals surface area contributed by atoms with Crippen LogP contribution in [0.15, 0.2) is 41.4 Å². The van der Waals surface area contributed by atoms with Crippen molar-refractivity contribution in [3.05, 3.63) is 42.3 Å². The number of benzene rings is 1. The number of carbonyl (C=O) groups excluding carboxylic acids is 1. The molecule has 0 spiro atoms. The minimum Gasteiger partial charge on any atom is -0.492 e. The molecule has 7 nitrogen and oxygen atoms in total. The predicted octanol–water partition coefficient (Wildman–Crippen LogP) is 5.12. The topological polar surface area (TPSA) is 72.9 Å². The van der Waals surface area contributed by atoms with E-state index in [-0.39, 0.29) is 28.7 Å². The zero-order chi connectivity index (χ0) is 25.2. The van der Waals surface area contributed by atoms with Gasteiger partial charge in [-0.1, -0.05) is 10.7 Å². The van der Waals surface area contributed by atoms with E-state index in [4.69, 9.17) is 14.2 Å². The molecule has 0 aliphatic carbocycles. The third-order valence-electron chi connectivity index (χ3n) is 5.70. The first-order valence-corrected chi connectivity index (χ1v) is 13.3. The van der Waals surface area contributed by atoms with Crippen LogP contribution in [0.2, 0.25) is 0 Å². The Hall–Kier alpha value is -2.49. The van der Waals surface area contributed by atoms with Crippen LogP contribution in [0.25, 0.3) is 11.3 Å². The molecule has 3 rings (SSSR count). The number of nitrogens with one attached hydrogen (secondary N) is 1. The van der Waals surface area contributed by atoms with Gasteiger partial charge in [-0.05, 0) is 75.2 Å². The van der Waals surface area contributed by atoms with Gasteiger partial charge in [0.25, 0.3) is 0 Å². The van der Waals surface area contributed by atoms with E-state index in [0.717, 1.165) is 17.7 Å². The Morgan fingerprint density at radius 2 is 2.06 bits per heavy atom. The largest absolute Gasteiger partial charge is 0.492 e. The molecule has 192 valence electrons. The Bertz CT molecular complexity index is 993. The normalized spacial score (nSPS) is 15.4. The van der Waals surface area contributed by atoms with Crippen LogP contribution in [0.4, 0.5) is 9.18 Å². The Balaban J connectivity index is 1.52. The second-order valence-electron chi connectivity index (χ2n) is 8.66. The Labute approximate surface area is 210 Å². The summed E-state index contributed by atoms with van der Waals surface area (Å²) in [5, 5.41) is 2.02. The fourth-order valence-electron chi connectivity index (χ4n) is 3.79. The third-order valence-corrected chi connectivity index (χ3v) is 7.45. The van der Waals surface area contributed by atoms with E-state index in [1.807, 2.05) is 38.3 Å². The first-order chi connectivity index (χ1) is 16.9. The minimum atomic E-state index is -0.352. The smallest absolute Gasteiger partial charge is 0.410 e. The van der Waals surface area contributed by atoms with Gasteiger partial charge in [-0.2, -0.15) is 0 Å². The molecule has 1 saturated heterocycles. The summed E-state index contributed by atoms with van der Waals surface area (Å²) in [5.74, 6) is 0.709. The van der Waals surface area contributed by atoms with E-state index in [0.29, 0.717) is 55.8 Å². The van der Waals surface area contributed by atoms with Crippen molar-refractivity contribution < 1.29 is 23.4 Å². The van der Waals surface area contributed by atoms with Crippen LogP contribution in [0.5, 0.6) is 5.75 Å². The zero-order valence-corrected chi connectivity index (χ0v) is 21.8. The summed E-state index contributed by atoms with van der Waals surface area (Å²) >= 11 is 0. The molecule has 1 aliphatic rings. The van der Waals surface area contributed by atoms with Gasteiger partial charge < -0.3 is 19.1 Å². The highest BCUT2D eigenvalue weighted by Crippen LogP contribution is 2.29. The first-order valence-electron chi connectivity index (χ1n) is 12.0. The second-order valence-corrected chi connectivity index (χ2v) is 10.6. The average Bonchev–Trinajstić information content (AvgIpc) is 2.86. The number of aromatic nitrogens is 1. The molecule has 1 fully saturated rings. The lowest BCUT2D eigenvalue weighted by Gasteiger charge is -2.31. The number of pyridine rings is 1. The van der Waals surface area contributed by atoms with Crippen molar-refractivity contribution in [2.45, 2.75) is 44.6 Å². The van der Waals surface area contributed by atoms with E-state index in [1.165, 1.54) is 0 Å². The lowest BCUT2D eigenvalue weighted by Crippen LogP contribution is -2.40. The van der Waals surface area contributed by atoms with Crippen LogP contribution in [-0.2, 0) is 9.47 Å². The van der Waals surface area contributed by atoms with Gasteiger partial charge in [0.15, 0.2) is 0 Å². The second kappa shape index (κ2) is 13.6. The van der Waals surface area contributed by atoms with Gasteiger partial charge in [0.1, 0.15) is 11.6 Å². The van der Waals surface area contributed by atoms with Crippen LogP contribution in [0.3, 0.4) is 0 Å². The van der Waals surface area contributed by atoms with E-state index < -0.39 is 0 Å². The maximum Gasteiger partial charge on any atom is 0.410 e. The average molecular weight is 506 g/mol. The molecule has 9 heteroatoms. The number of likely N-dealkylation sites (tertiary alicyclic amines) is 1. The lowest BCUT2D eigenvalue weighted by atomic mass is 9.98. The van der Waals surface area contributed by atoms with Crippen LogP contribution >= 0.6 is 10.7 Å². The lowest BCUT2D eigenvalue weighted by molar-refractivity contribution is 0.0608. The monoisotopic (exact) mass is 505 g/mol. The van der Waals surface area contributed by atoms with Crippen molar-refractivity contribution in [3.63, 3.8) is 0 Å². The summed E-state index contributed by atoms with van der Waals surface area (Å²) in [6, 6.07) is 8.86. The number of rotatable bonds is 10. The maximum atomic E-state index is 14.9. The summed E-state index contributed by atoms with van der Waals surface area (Å²) in [7, 11) is 1.30. The Kier molecular flexibility index (Phi) is 10.5. The molecular weight excluding hydrogens is 469 g/mol. The van der Waals surface area contributed by atoms with Crippen LogP contribution in [0, 0.1) is 11.7 Å². The van der Waals surface area contributed by atoms with E-state index in [1.54, 1.807) is 36.4 Å². The number of halogens is 1. The predicted molar refractivity (Wildman–Crippen MR) is 139 cm³/mol. The van der Waals surface area contributed by atoms with Crippen LogP contribution < -0.4 is 9.46 Å². The quantitative estimate of drug-likeness (QED) is 0.357. The molecular formula is C26H36FN3O4S. The van der Waals surface area contributed by atoms with Gasteiger partial charge in [0.2, 0.25) is 0 Å². The third kappa shape index (κ3) is 8.02. The van der Waals surface area contributed by atoms with Crippen molar-refractivity contribution in [2.24, 2.45) is 5.92 Å². The number of nitrogens with zero attached hydrogens (tertiary/aromatic N) is 2. The van der Waals surface area contributed by atoms with Crippen molar-refractivity contribution in [3.8, 4) is 17.0 Å². The minimum absolute atomic E-state index is 0.110. The van der Waals surface area contributed by atoms with Crippen molar-refractivity contribution in [1.29, 1.82) is 0 Å². The fourth-order valence-corrected chi connectivity index (χ4v) is 5.15. The van der Waals surface area contributed by atoms with Gasteiger partial charge in [-0.3, -0.25) is 9.71 Å². The number of methoxy groups -OCH3 is 1. The molecule has 1 amide bonds. The standard InChI is InChI=1S/C26H36FN3O4S/c1-5-35(29-12-15-32-4)22-7-8-23(24(27)16-22)25-9-6-21(17-28-25)33-18-20-10-13-30(14-11-20)26(31)34-19(2)3/h5-9,16-17,19-20,29H,10-15,18H2,1-4H3. The highest BCUT2D eigenvalue weighted by atomic mass is 32.2. The van der Waals surface area contributed by atoms with E-state index in [2.05, 4.69) is 9.71 Å². The number of hydrogen-bond donors (Lipinski definition) is 1. The number of ether oxygens (including phenoxy) is 3. The van der Waals surface area contributed by atoms with Gasteiger partial charge in [0, 0.05) is 37.2 Å². The molecule has 1 unspecified atom stereocenters. The molecule has 1 aromatic heterocycles. The Morgan fingerprint density at radius 1 is 1.29 bits per heavy atom. The van der Waals surface area contributed by atoms with Crippen molar-refractivity contribution >= 4 is 22.1 Å². The molecule has 0 saturated carbocycles. The Morgan fingerprint density at radius 3 is 2.66 bits per heavy atom. The molecule has 1 atom stereocenters. The number of carbonyl (C=O) groups is 1. The maximum absolute atomic E-state index is 14.9. The molecule has 1 aliphatic heterocycles. The summed E-state index contributed by atoms with van der Waals surface area (Å²) in [4.78, 5) is 19.1. The summed E-state index contributed by atoms with van der Waals surface area (Å²) < 4.78 is 34.5. The summed E-state index contributed by atoms with van der Waals surface area (Å²) in [6.07, 6.45) is 3.02. The highest BCUT2D eigenvalue weighted by Gasteiger charge is 2.24. The summed E-state index contributed by atoms with van der Waals surface area (Å²) in [6.45, 7) is 8.86.